The summed E-state index contributed by atoms with van der Waals surface area (Å²) in [6.07, 6.45) is 16.7. The number of likely N-dealkylation sites (tertiary alicyclic amines) is 2. The number of aryl methyl sites for hydroxylation is 1. The van der Waals surface area contributed by atoms with E-state index in [-0.39, 0.29) is 12.0 Å². The number of hydrogen-bond donors (Lipinski definition) is 0. The lowest BCUT2D eigenvalue weighted by Crippen LogP contribution is -2.45. The molecule has 4 unspecified atom stereocenters. The lowest BCUT2D eigenvalue weighted by molar-refractivity contribution is -0.132. The second-order valence-electron chi connectivity index (χ2n) is 11.0. The van der Waals surface area contributed by atoms with Crippen LogP contribution in [0.2, 0.25) is 0 Å². The van der Waals surface area contributed by atoms with Gasteiger partial charge < -0.3 is 4.90 Å². The standard InChI is InChI=1S/C32H47N3O/c1-5-19-34(25(4)6-2)24-30-14-11-22-35(30)31(29-13-10-12-26(7-3)23-29)27-15-17-28(18-16-27)32(36)33-20-8-9-21-33/h5,10,12-13,15-17,23,25,28,30-31H,1,6-9,11,14,18-22,24H2,2-4H3. The van der Waals surface area contributed by atoms with E-state index in [4.69, 9.17) is 0 Å². The summed E-state index contributed by atoms with van der Waals surface area (Å²) >= 11 is 0. The molecule has 0 N–H and O–H groups in total. The highest BCUT2D eigenvalue weighted by Gasteiger charge is 2.36. The Morgan fingerprint density at radius 3 is 2.67 bits per heavy atom. The zero-order valence-electron chi connectivity index (χ0n) is 22.9. The molecule has 2 fully saturated rings. The Kier molecular flexibility index (Phi) is 9.61. The summed E-state index contributed by atoms with van der Waals surface area (Å²) in [5.74, 6) is 0.314. The molecule has 2 heterocycles. The smallest absolute Gasteiger partial charge is 0.229 e. The maximum atomic E-state index is 13.0. The summed E-state index contributed by atoms with van der Waals surface area (Å²) in [5, 5.41) is 0. The molecule has 1 aromatic rings. The van der Waals surface area contributed by atoms with Crippen molar-refractivity contribution in [2.45, 2.75) is 83.8 Å². The zero-order chi connectivity index (χ0) is 25.5. The van der Waals surface area contributed by atoms with Crippen LogP contribution < -0.4 is 0 Å². The summed E-state index contributed by atoms with van der Waals surface area (Å²) in [7, 11) is 0. The normalized spacial score (nSPS) is 24.2. The van der Waals surface area contributed by atoms with Crippen LogP contribution >= 0.6 is 0 Å². The average Bonchev–Trinajstić information content (AvgIpc) is 3.61. The van der Waals surface area contributed by atoms with Crippen molar-refractivity contribution in [1.29, 1.82) is 0 Å². The van der Waals surface area contributed by atoms with E-state index in [9.17, 15) is 4.79 Å². The summed E-state index contributed by atoms with van der Waals surface area (Å²) in [6, 6.07) is 10.5. The second kappa shape index (κ2) is 12.9. The highest BCUT2D eigenvalue weighted by Crippen LogP contribution is 2.38. The molecule has 0 saturated carbocycles. The highest BCUT2D eigenvalue weighted by molar-refractivity contribution is 5.81. The first-order chi connectivity index (χ1) is 17.5. The van der Waals surface area contributed by atoms with Gasteiger partial charge in [-0.1, -0.05) is 62.4 Å². The van der Waals surface area contributed by atoms with Crippen LogP contribution in [-0.4, -0.2) is 65.4 Å². The fraction of sp³-hybridized carbons (Fsp3) is 0.594. The number of nitrogens with zero attached hydrogens (tertiary/aromatic N) is 3. The van der Waals surface area contributed by atoms with Gasteiger partial charge in [0, 0.05) is 38.3 Å². The first kappa shape index (κ1) is 26.9. The van der Waals surface area contributed by atoms with E-state index < -0.39 is 0 Å². The van der Waals surface area contributed by atoms with Crippen LogP contribution in [0.4, 0.5) is 0 Å². The van der Waals surface area contributed by atoms with Gasteiger partial charge >= 0.3 is 0 Å². The van der Waals surface area contributed by atoms with Gasteiger partial charge in [0.25, 0.3) is 0 Å². The fourth-order valence-electron chi connectivity index (χ4n) is 6.28. The molecule has 1 amide bonds. The van der Waals surface area contributed by atoms with Crippen LogP contribution in [0.5, 0.6) is 0 Å². The molecule has 0 radical (unpaired) electrons. The number of hydrogen-bond acceptors (Lipinski definition) is 3. The third kappa shape index (κ3) is 6.20. The van der Waals surface area contributed by atoms with Crippen molar-refractivity contribution in [2.75, 3.05) is 32.7 Å². The van der Waals surface area contributed by atoms with Crippen molar-refractivity contribution in [3.8, 4) is 0 Å². The molecule has 4 heteroatoms. The molecule has 0 spiro atoms. The van der Waals surface area contributed by atoms with Crippen LogP contribution in [0.3, 0.4) is 0 Å². The molecular formula is C32H47N3O. The van der Waals surface area contributed by atoms with Crippen LogP contribution in [0.25, 0.3) is 0 Å². The van der Waals surface area contributed by atoms with Gasteiger partial charge in [0.05, 0.1) is 12.0 Å². The van der Waals surface area contributed by atoms with Gasteiger partial charge in [-0.15, -0.1) is 6.58 Å². The predicted octanol–water partition coefficient (Wildman–Crippen LogP) is 6.17. The molecular weight excluding hydrogens is 442 g/mol. The second-order valence-corrected chi connectivity index (χ2v) is 11.0. The quantitative estimate of drug-likeness (QED) is 0.348. The first-order valence-electron chi connectivity index (χ1n) is 14.4. The summed E-state index contributed by atoms with van der Waals surface area (Å²) in [4.78, 5) is 20.5. The number of amides is 1. The van der Waals surface area contributed by atoms with Gasteiger partial charge in [0.1, 0.15) is 0 Å². The van der Waals surface area contributed by atoms with Crippen LogP contribution in [-0.2, 0) is 11.2 Å². The van der Waals surface area contributed by atoms with Crippen molar-refractivity contribution in [3.05, 3.63) is 71.8 Å². The van der Waals surface area contributed by atoms with E-state index in [1.165, 1.54) is 29.5 Å². The van der Waals surface area contributed by atoms with Gasteiger partial charge in [-0.2, -0.15) is 0 Å². The van der Waals surface area contributed by atoms with Crippen LogP contribution in [0, 0.1) is 5.92 Å². The molecule has 4 rings (SSSR count). The average molecular weight is 490 g/mol. The molecule has 4 atom stereocenters. The Labute approximate surface area is 219 Å². The van der Waals surface area contributed by atoms with Gasteiger partial charge in [0.2, 0.25) is 5.91 Å². The molecule has 0 bridgehead atoms. The number of carbonyl (C=O) groups is 1. The van der Waals surface area contributed by atoms with Gasteiger partial charge in [0.15, 0.2) is 0 Å². The molecule has 1 aromatic carbocycles. The predicted molar refractivity (Wildman–Crippen MR) is 151 cm³/mol. The van der Waals surface area contributed by atoms with Crippen molar-refractivity contribution in [1.82, 2.24) is 14.7 Å². The summed E-state index contributed by atoms with van der Waals surface area (Å²) in [5.41, 5.74) is 4.14. The first-order valence-corrected chi connectivity index (χ1v) is 14.4. The molecule has 1 aliphatic carbocycles. The number of rotatable bonds is 11. The molecule has 2 saturated heterocycles. The third-order valence-corrected chi connectivity index (χ3v) is 8.63. The summed E-state index contributed by atoms with van der Waals surface area (Å²) < 4.78 is 0. The lowest BCUT2D eigenvalue weighted by atomic mass is 9.87. The molecule has 2 aliphatic heterocycles. The number of allylic oxidation sites excluding steroid dienone is 1. The SMILES string of the molecule is C=CCN(CC1CCCN1C(C1=CCC(C(=O)N2CCCC2)C=C1)c1cccc(CC)c1)C(C)CC. The van der Waals surface area contributed by atoms with E-state index >= 15 is 0 Å². The molecule has 36 heavy (non-hydrogen) atoms. The minimum atomic E-state index is -0.00246. The monoisotopic (exact) mass is 489 g/mol. The van der Waals surface area contributed by atoms with E-state index in [1.54, 1.807) is 0 Å². The van der Waals surface area contributed by atoms with Crippen molar-refractivity contribution < 1.29 is 4.79 Å². The van der Waals surface area contributed by atoms with E-state index in [0.29, 0.717) is 18.0 Å². The fourth-order valence-corrected chi connectivity index (χ4v) is 6.28. The van der Waals surface area contributed by atoms with Crippen LogP contribution in [0.15, 0.2) is 60.7 Å². The van der Waals surface area contributed by atoms with Gasteiger partial charge in [-0.3, -0.25) is 14.6 Å². The van der Waals surface area contributed by atoms with Crippen molar-refractivity contribution in [3.63, 3.8) is 0 Å². The van der Waals surface area contributed by atoms with Crippen molar-refractivity contribution in [2.24, 2.45) is 5.92 Å². The Balaban J connectivity index is 1.59. The Hall–Kier alpha value is -2.17. The molecule has 0 aromatic heterocycles. The van der Waals surface area contributed by atoms with Gasteiger partial charge in [-0.25, -0.2) is 0 Å². The van der Waals surface area contributed by atoms with Gasteiger partial charge in [-0.05, 0) is 75.1 Å². The number of benzene rings is 1. The van der Waals surface area contributed by atoms with Crippen LogP contribution in [0.1, 0.15) is 76.5 Å². The Bertz CT molecular complexity index is 944. The Morgan fingerprint density at radius 1 is 1.19 bits per heavy atom. The van der Waals surface area contributed by atoms with E-state index in [0.717, 1.165) is 64.8 Å². The molecule has 3 aliphatic rings. The minimum Gasteiger partial charge on any atom is -0.342 e. The largest absolute Gasteiger partial charge is 0.342 e. The lowest BCUT2D eigenvalue weighted by Gasteiger charge is -2.39. The highest BCUT2D eigenvalue weighted by atomic mass is 16.2. The third-order valence-electron chi connectivity index (χ3n) is 8.63. The van der Waals surface area contributed by atoms with E-state index in [2.05, 4.69) is 90.6 Å². The summed E-state index contributed by atoms with van der Waals surface area (Å²) in [6.45, 7) is 15.9. The Morgan fingerprint density at radius 2 is 2.00 bits per heavy atom. The topological polar surface area (TPSA) is 26.8 Å². The maximum absolute atomic E-state index is 13.0. The molecule has 4 nitrogen and oxygen atoms in total. The van der Waals surface area contributed by atoms with Crippen molar-refractivity contribution >= 4 is 5.91 Å². The van der Waals surface area contributed by atoms with E-state index in [1.807, 2.05) is 0 Å². The molecule has 196 valence electrons. The zero-order valence-corrected chi connectivity index (χ0v) is 22.9. The number of carbonyl (C=O) groups excluding carboxylic acids is 1. The maximum Gasteiger partial charge on any atom is 0.229 e. The minimum absolute atomic E-state index is 0.00246.